The van der Waals surface area contributed by atoms with E-state index in [1.165, 1.54) is 25.4 Å². The van der Waals surface area contributed by atoms with Crippen LogP contribution in [-0.4, -0.2) is 24.1 Å². The number of nitrogens with one attached hydrogen (secondary N) is 1. The number of anilines is 1. The fourth-order valence-corrected chi connectivity index (χ4v) is 1.88. The highest BCUT2D eigenvalue weighted by atomic mass is 19.1. The van der Waals surface area contributed by atoms with Gasteiger partial charge in [0.1, 0.15) is 11.4 Å². The summed E-state index contributed by atoms with van der Waals surface area (Å²) < 4.78 is 24.2. The molecule has 1 atom stereocenters. The van der Waals surface area contributed by atoms with Crippen molar-refractivity contribution in [1.29, 1.82) is 0 Å². The molecule has 1 aromatic carbocycles. The molecule has 1 aromatic heterocycles. The molecule has 1 amide bonds. The number of carbonyl (C=O) groups is 1. The van der Waals surface area contributed by atoms with Crippen LogP contribution in [0, 0.1) is 5.82 Å². The zero-order valence-electron chi connectivity index (χ0n) is 12.4. The van der Waals surface area contributed by atoms with Gasteiger partial charge in [-0.15, -0.1) is 0 Å². The van der Waals surface area contributed by atoms with E-state index in [0.29, 0.717) is 17.9 Å². The van der Waals surface area contributed by atoms with E-state index in [0.717, 1.165) is 0 Å². The van der Waals surface area contributed by atoms with E-state index in [1.54, 1.807) is 31.3 Å². The summed E-state index contributed by atoms with van der Waals surface area (Å²) in [5.74, 6) is -0.364. The normalized spacial score (nSPS) is 11.6. The van der Waals surface area contributed by atoms with Crippen LogP contribution in [-0.2, 0) is 4.79 Å². The molecular formula is C16H17FN2O3. The minimum absolute atomic E-state index is 0.0441. The minimum atomic E-state index is -0.818. The largest absolute Gasteiger partial charge is 0.494 e. The summed E-state index contributed by atoms with van der Waals surface area (Å²) in [6, 6.07) is 7.60. The second-order valence-corrected chi connectivity index (χ2v) is 4.51. The van der Waals surface area contributed by atoms with Gasteiger partial charge in [0, 0.05) is 12.3 Å². The average molecular weight is 304 g/mol. The smallest absolute Gasteiger partial charge is 0.265 e. The zero-order chi connectivity index (χ0) is 15.9. The van der Waals surface area contributed by atoms with Crippen LogP contribution in [0.1, 0.15) is 13.3 Å². The Balaban J connectivity index is 2.11. The Hall–Kier alpha value is -2.63. The molecule has 1 heterocycles. The lowest BCUT2D eigenvalue weighted by atomic mass is 10.2. The van der Waals surface area contributed by atoms with Gasteiger partial charge in [-0.2, -0.15) is 0 Å². The molecule has 0 spiro atoms. The number of nitrogens with zero attached hydrogens (tertiary/aromatic N) is 1. The molecule has 1 N–H and O–H groups in total. The van der Waals surface area contributed by atoms with Gasteiger partial charge in [-0.25, -0.2) is 4.39 Å². The first-order chi connectivity index (χ1) is 10.7. The first kappa shape index (κ1) is 15.8. The van der Waals surface area contributed by atoms with Gasteiger partial charge in [0.15, 0.2) is 17.7 Å². The summed E-state index contributed by atoms with van der Waals surface area (Å²) in [4.78, 5) is 16.2. The molecule has 0 bridgehead atoms. The summed E-state index contributed by atoms with van der Waals surface area (Å²) in [7, 11) is 1.50. The quantitative estimate of drug-likeness (QED) is 0.891. The zero-order valence-corrected chi connectivity index (χ0v) is 12.4. The van der Waals surface area contributed by atoms with E-state index >= 15 is 0 Å². The van der Waals surface area contributed by atoms with E-state index < -0.39 is 17.8 Å². The predicted octanol–water partition coefficient (Wildman–Crippen LogP) is 3.03. The molecule has 116 valence electrons. The van der Waals surface area contributed by atoms with Crippen molar-refractivity contribution in [1.82, 2.24) is 4.98 Å². The third kappa shape index (κ3) is 3.72. The van der Waals surface area contributed by atoms with Gasteiger partial charge < -0.3 is 14.8 Å². The molecule has 2 aromatic rings. The molecule has 0 radical (unpaired) electrons. The van der Waals surface area contributed by atoms with Crippen molar-refractivity contribution in [3.8, 4) is 11.5 Å². The predicted molar refractivity (Wildman–Crippen MR) is 80.5 cm³/mol. The molecule has 22 heavy (non-hydrogen) atoms. The maximum atomic E-state index is 13.6. The SMILES string of the molecule is CC[C@H](Oc1ccccc1F)C(=O)Nc1cnccc1OC. The van der Waals surface area contributed by atoms with E-state index in [-0.39, 0.29) is 5.75 Å². The number of carbonyl (C=O) groups excluding carboxylic acids is 1. The summed E-state index contributed by atoms with van der Waals surface area (Å²) in [5, 5.41) is 2.68. The first-order valence-electron chi connectivity index (χ1n) is 6.85. The molecule has 0 saturated heterocycles. The van der Waals surface area contributed by atoms with Crippen LogP contribution in [0.25, 0.3) is 0 Å². The average Bonchev–Trinajstić information content (AvgIpc) is 2.54. The van der Waals surface area contributed by atoms with E-state index in [1.807, 2.05) is 0 Å². The lowest BCUT2D eigenvalue weighted by Crippen LogP contribution is -2.32. The molecule has 0 saturated carbocycles. The Kier molecular flexibility index (Phi) is 5.30. The van der Waals surface area contributed by atoms with Crippen LogP contribution < -0.4 is 14.8 Å². The fourth-order valence-electron chi connectivity index (χ4n) is 1.88. The van der Waals surface area contributed by atoms with Crippen molar-refractivity contribution in [3.63, 3.8) is 0 Å². The number of para-hydroxylation sites is 1. The summed E-state index contributed by atoms with van der Waals surface area (Å²) in [6.07, 6.45) is 2.61. The summed E-state index contributed by atoms with van der Waals surface area (Å²) >= 11 is 0. The number of hydrogen-bond acceptors (Lipinski definition) is 4. The van der Waals surface area contributed by atoms with Gasteiger partial charge in [0.2, 0.25) is 0 Å². The highest BCUT2D eigenvalue weighted by molar-refractivity contribution is 5.95. The van der Waals surface area contributed by atoms with Crippen molar-refractivity contribution < 1.29 is 18.7 Å². The molecule has 0 fully saturated rings. The topological polar surface area (TPSA) is 60.5 Å². The van der Waals surface area contributed by atoms with Crippen molar-refractivity contribution >= 4 is 11.6 Å². The van der Waals surface area contributed by atoms with Gasteiger partial charge in [-0.3, -0.25) is 9.78 Å². The molecule has 6 heteroatoms. The Morgan fingerprint density at radius 1 is 1.32 bits per heavy atom. The van der Waals surface area contributed by atoms with Crippen LogP contribution >= 0.6 is 0 Å². The van der Waals surface area contributed by atoms with Gasteiger partial charge in [-0.05, 0) is 18.6 Å². The molecule has 0 aliphatic rings. The molecule has 2 rings (SSSR count). The van der Waals surface area contributed by atoms with Crippen molar-refractivity contribution in [2.24, 2.45) is 0 Å². The number of hydrogen-bond donors (Lipinski definition) is 1. The van der Waals surface area contributed by atoms with Crippen molar-refractivity contribution in [2.45, 2.75) is 19.4 Å². The number of pyridine rings is 1. The number of aromatic nitrogens is 1. The first-order valence-corrected chi connectivity index (χ1v) is 6.85. The summed E-state index contributed by atoms with van der Waals surface area (Å²) in [6.45, 7) is 1.78. The van der Waals surface area contributed by atoms with Crippen LogP contribution in [0.3, 0.4) is 0 Å². The second-order valence-electron chi connectivity index (χ2n) is 4.51. The minimum Gasteiger partial charge on any atom is -0.494 e. The molecular weight excluding hydrogens is 287 g/mol. The van der Waals surface area contributed by atoms with Gasteiger partial charge in [-0.1, -0.05) is 19.1 Å². The molecule has 0 aliphatic heterocycles. The lowest BCUT2D eigenvalue weighted by molar-refractivity contribution is -0.122. The Bertz CT molecular complexity index is 649. The maximum absolute atomic E-state index is 13.6. The van der Waals surface area contributed by atoms with E-state index in [4.69, 9.17) is 9.47 Å². The molecule has 0 unspecified atom stereocenters. The number of halogens is 1. The highest BCUT2D eigenvalue weighted by Crippen LogP contribution is 2.23. The molecule has 0 aliphatic carbocycles. The highest BCUT2D eigenvalue weighted by Gasteiger charge is 2.21. The Morgan fingerprint density at radius 2 is 2.09 bits per heavy atom. The number of rotatable bonds is 6. The molecule has 5 nitrogen and oxygen atoms in total. The number of amides is 1. The maximum Gasteiger partial charge on any atom is 0.265 e. The van der Waals surface area contributed by atoms with Crippen molar-refractivity contribution in [2.75, 3.05) is 12.4 Å². The Labute approximate surface area is 128 Å². The van der Waals surface area contributed by atoms with Crippen LogP contribution in [0.15, 0.2) is 42.7 Å². The van der Waals surface area contributed by atoms with Crippen LogP contribution in [0.5, 0.6) is 11.5 Å². The van der Waals surface area contributed by atoms with E-state index in [2.05, 4.69) is 10.3 Å². The monoisotopic (exact) mass is 304 g/mol. The van der Waals surface area contributed by atoms with Crippen LogP contribution in [0.4, 0.5) is 10.1 Å². The van der Waals surface area contributed by atoms with E-state index in [9.17, 15) is 9.18 Å². The van der Waals surface area contributed by atoms with Crippen molar-refractivity contribution in [3.05, 3.63) is 48.5 Å². The third-order valence-corrected chi connectivity index (χ3v) is 3.03. The van der Waals surface area contributed by atoms with Gasteiger partial charge >= 0.3 is 0 Å². The standard InChI is InChI=1S/C16H17FN2O3/c1-3-13(22-14-7-5-4-6-11(14)17)16(20)19-12-10-18-9-8-15(12)21-2/h4-10,13H,3H2,1-2H3,(H,19,20)/t13-/m0/s1. The van der Waals surface area contributed by atoms with Gasteiger partial charge in [0.25, 0.3) is 5.91 Å². The second kappa shape index (κ2) is 7.40. The van der Waals surface area contributed by atoms with Gasteiger partial charge in [0.05, 0.1) is 13.3 Å². The lowest BCUT2D eigenvalue weighted by Gasteiger charge is -2.18. The fraction of sp³-hybridized carbons (Fsp3) is 0.250. The summed E-state index contributed by atoms with van der Waals surface area (Å²) in [5.41, 5.74) is 0.436. The Morgan fingerprint density at radius 3 is 2.77 bits per heavy atom. The number of benzene rings is 1. The number of methoxy groups -OCH3 is 1. The number of ether oxygens (including phenoxy) is 2. The van der Waals surface area contributed by atoms with Crippen LogP contribution in [0.2, 0.25) is 0 Å². The third-order valence-electron chi connectivity index (χ3n) is 3.03.